The van der Waals surface area contributed by atoms with Gasteiger partial charge in [0.25, 0.3) is 5.88 Å². The van der Waals surface area contributed by atoms with Gasteiger partial charge < -0.3 is 15.4 Å². The van der Waals surface area contributed by atoms with E-state index >= 15 is 0 Å². The van der Waals surface area contributed by atoms with E-state index in [1.54, 1.807) is 6.92 Å². The molecule has 4 N–H and O–H groups in total. The number of nitrogens with zero attached hydrogens (tertiary/aromatic N) is 1. The second-order valence-electron chi connectivity index (χ2n) is 6.11. The van der Waals surface area contributed by atoms with Crippen LogP contribution in [0, 0.1) is 6.92 Å². The van der Waals surface area contributed by atoms with E-state index in [-0.39, 0.29) is 5.78 Å². The molecule has 1 aromatic heterocycles. The number of nitrogens with two attached hydrogens (primary N) is 1. The fourth-order valence-corrected chi connectivity index (χ4v) is 4.03. The van der Waals surface area contributed by atoms with E-state index in [0.717, 1.165) is 16.9 Å². The number of nitrogen functional groups attached to an aromatic ring is 1. The summed E-state index contributed by atoms with van der Waals surface area (Å²) in [5.74, 6) is 7.38. The number of ether oxygens (including phenoxy) is 1. The minimum Gasteiger partial charge on any atom is -0.435 e. The van der Waals surface area contributed by atoms with Crippen LogP contribution in [0.15, 0.2) is 53.9 Å². The average Bonchev–Trinajstić information content (AvgIpc) is 2.61. The van der Waals surface area contributed by atoms with Crippen molar-refractivity contribution in [3.05, 3.63) is 65.0 Å². The van der Waals surface area contributed by atoms with Gasteiger partial charge in [0.05, 0.1) is 0 Å². The first-order valence-corrected chi connectivity index (χ1v) is 9.64. The molecule has 0 radical (unpaired) electrons. The number of H-pyrrole nitrogens is 2. The molecule has 7 heteroatoms. The summed E-state index contributed by atoms with van der Waals surface area (Å²) in [6.45, 7) is 3.68. The zero-order valence-electron chi connectivity index (χ0n) is 14.9. The van der Waals surface area contributed by atoms with Crippen molar-refractivity contribution < 1.29 is 9.53 Å². The minimum absolute atomic E-state index is 0.195. The first-order chi connectivity index (χ1) is 12.5. The van der Waals surface area contributed by atoms with Crippen molar-refractivity contribution in [1.82, 2.24) is 14.5 Å². The van der Waals surface area contributed by atoms with Gasteiger partial charge in [-0.05, 0) is 38.0 Å². The van der Waals surface area contributed by atoms with E-state index in [1.165, 1.54) is 10.5 Å². The van der Waals surface area contributed by atoms with Crippen LogP contribution < -0.4 is 10.6 Å². The number of hydrogen-bond acceptors (Lipinski definition) is 3. The molecule has 0 saturated heterocycles. The number of nitrogens with one attached hydrogen (secondary N) is 2. The summed E-state index contributed by atoms with van der Waals surface area (Å²) in [7, 11) is -0.402. The molecule has 0 aliphatic carbocycles. The minimum atomic E-state index is -0.402. The lowest BCUT2D eigenvalue weighted by Gasteiger charge is -2.08. The predicted molar refractivity (Wildman–Crippen MR) is 105 cm³/mol. The highest BCUT2D eigenvalue weighted by atomic mass is 32.2. The van der Waals surface area contributed by atoms with Crippen molar-refractivity contribution in [1.29, 1.82) is 0 Å². The van der Waals surface area contributed by atoms with Crippen LogP contribution in [0.1, 0.15) is 24.5 Å². The van der Waals surface area contributed by atoms with Gasteiger partial charge in [0.1, 0.15) is 22.2 Å². The molecule has 0 aliphatic rings. The van der Waals surface area contributed by atoms with Crippen molar-refractivity contribution in [3.8, 4) is 16.5 Å². The van der Waals surface area contributed by atoms with E-state index < -0.39 is 10.7 Å². The largest absolute Gasteiger partial charge is 0.435 e. The van der Waals surface area contributed by atoms with Gasteiger partial charge in [-0.25, -0.2) is 5.10 Å². The number of benzene rings is 2. The first kappa shape index (κ1) is 17.9. The summed E-state index contributed by atoms with van der Waals surface area (Å²) in [6.07, 6.45) is 1.30. The van der Waals surface area contributed by atoms with Gasteiger partial charge in [0, 0.05) is 18.1 Å². The number of aromatic nitrogens is 3. The maximum atomic E-state index is 11.1. The number of rotatable bonds is 6. The molecule has 0 aliphatic heterocycles. The molecule has 3 rings (SSSR count). The van der Waals surface area contributed by atoms with Gasteiger partial charge in [0.15, 0.2) is 0 Å². The molecule has 0 fully saturated rings. The topological polar surface area (TPSA) is 88.8 Å². The zero-order valence-corrected chi connectivity index (χ0v) is 15.7. The Morgan fingerprint density at radius 3 is 2.62 bits per heavy atom. The molecule has 0 amide bonds. The molecular formula is C19H23N4O2S+. The number of aryl methyl sites for hydroxylation is 2. The SMILES string of the molecule is CC(=O)CCc1ccc(Oc2c[s+](-c3ccccc3C)[nH]n(N)[nH]2)cc1. The third-order valence-electron chi connectivity index (χ3n) is 3.90. The van der Waals surface area contributed by atoms with Crippen LogP contribution in [0.25, 0.3) is 4.90 Å². The number of hydrogen-bond donors (Lipinski definition) is 3. The van der Waals surface area contributed by atoms with E-state index in [2.05, 4.69) is 28.6 Å². The van der Waals surface area contributed by atoms with Crippen LogP contribution >= 0.6 is 10.7 Å². The summed E-state index contributed by atoms with van der Waals surface area (Å²) in [6, 6.07) is 15.9. The number of ketones is 1. The molecule has 1 atom stereocenters. The molecule has 1 unspecified atom stereocenters. The maximum absolute atomic E-state index is 11.1. The average molecular weight is 371 g/mol. The van der Waals surface area contributed by atoms with Crippen LogP contribution in [0.4, 0.5) is 0 Å². The molecule has 6 nitrogen and oxygen atoms in total. The normalized spacial score (nSPS) is 11.2. The molecule has 1 heterocycles. The van der Waals surface area contributed by atoms with Crippen LogP contribution in [0.3, 0.4) is 0 Å². The Morgan fingerprint density at radius 1 is 1.19 bits per heavy atom. The first-order valence-electron chi connectivity index (χ1n) is 8.36. The van der Waals surface area contributed by atoms with Crippen LogP contribution in [0.5, 0.6) is 11.6 Å². The lowest BCUT2D eigenvalue weighted by Crippen LogP contribution is -2.16. The second-order valence-corrected chi connectivity index (χ2v) is 7.64. The Bertz CT molecular complexity index is 929. The highest BCUT2D eigenvalue weighted by Gasteiger charge is 2.15. The van der Waals surface area contributed by atoms with Gasteiger partial charge in [-0.15, -0.1) is 0 Å². The monoisotopic (exact) mass is 371 g/mol. The fourth-order valence-electron chi connectivity index (χ4n) is 2.54. The number of aromatic amines is 2. The Kier molecular flexibility index (Phi) is 5.48. The van der Waals surface area contributed by atoms with Crippen LogP contribution in [-0.4, -0.2) is 20.3 Å². The van der Waals surface area contributed by atoms with E-state index in [4.69, 9.17) is 10.6 Å². The lowest BCUT2D eigenvalue weighted by molar-refractivity contribution is -0.116. The van der Waals surface area contributed by atoms with Gasteiger partial charge in [-0.2, -0.15) is 0 Å². The molecule has 0 spiro atoms. The zero-order chi connectivity index (χ0) is 18.5. The highest BCUT2D eigenvalue weighted by Crippen LogP contribution is 2.32. The van der Waals surface area contributed by atoms with E-state index in [9.17, 15) is 4.79 Å². The third-order valence-corrected chi connectivity index (χ3v) is 5.67. The van der Waals surface area contributed by atoms with Crippen molar-refractivity contribution in [2.45, 2.75) is 26.7 Å². The molecule has 2 aromatic carbocycles. The molecule has 3 aromatic rings. The molecule has 136 valence electrons. The van der Waals surface area contributed by atoms with Crippen molar-refractivity contribution in [3.63, 3.8) is 0 Å². The van der Waals surface area contributed by atoms with Gasteiger partial charge in [-0.3, -0.25) is 0 Å². The smallest absolute Gasteiger partial charge is 0.271 e. The van der Waals surface area contributed by atoms with E-state index in [1.807, 2.05) is 41.8 Å². The summed E-state index contributed by atoms with van der Waals surface area (Å²) in [4.78, 5) is 13.6. The van der Waals surface area contributed by atoms with Crippen molar-refractivity contribution >= 4 is 16.4 Å². The predicted octanol–water partition coefficient (Wildman–Crippen LogP) is 4.34. The summed E-state index contributed by atoms with van der Waals surface area (Å²) in [5.41, 5.74) is 2.30. The summed E-state index contributed by atoms with van der Waals surface area (Å²) >= 11 is 0. The van der Waals surface area contributed by atoms with Gasteiger partial charge in [-0.1, -0.05) is 39.7 Å². The van der Waals surface area contributed by atoms with Crippen molar-refractivity contribution in [2.24, 2.45) is 0 Å². The van der Waals surface area contributed by atoms with E-state index in [0.29, 0.717) is 18.1 Å². The third kappa shape index (κ3) is 4.58. The number of Topliss-reactive ketones (excluding diaryl/α,β-unsaturated/α-hetero) is 1. The Labute approximate surface area is 155 Å². The second kappa shape index (κ2) is 7.97. The molecular weight excluding hydrogens is 348 g/mol. The maximum Gasteiger partial charge on any atom is 0.271 e. The Hall–Kier alpha value is -2.93. The standard InChI is InChI=1S/C19H23N4O2S/c1-14-5-3-4-6-18(14)26-13-19(21-23(20)22-26)25-17-11-9-16(10-12-17)8-7-15(2)24/h3-6,9-13,21-22H,7-8,20H2,1-2H3/q+1. The molecule has 0 saturated carbocycles. The quantitative estimate of drug-likeness (QED) is 0.445. The lowest BCUT2D eigenvalue weighted by atomic mass is 10.1. The van der Waals surface area contributed by atoms with Crippen LogP contribution in [0.2, 0.25) is 0 Å². The van der Waals surface area contributed by atoms with Crippen molar-refractivity contribution in [2.75, 3.05) is 5.84 Å². The van der Waals surface area contributed by atoms with Crippen LogP contribution in [-0.2, 0) is 11.2 Å². The van der Waals surface area contributed by atoms with Gasteiger partial charge >= 0.3 is 0 Å². The molecule has 0 bridgehead atoms. The Balaban J connectivity index is 1.80. The summed E-state index contributed by atoms with van der Waals surface area (Å²) in [5, 5.41) is 4.92. The summed E-state index contributed by atoms with van der Waals surface area (Å²) < 4.78 is 9.09. The number of carbonyl (C=O) groups is 1. The highest BCUT2D eigenvalue weighted by molar-refractivity contribution is 7.33. The Morgan fingerprint density at radius 2 is 1.92 bits per heavy atom. The molecule has 26 heavy (non-hydrogen) atoms. The fraction of sp³-hybridized carbons (Fsp3) is 0.211. The number of carbonyl (C=O) groups excluding carboxylic acids is 1. The van der Waals surface area contributed by atoms with Gasteiger partial charge in [0.2, 0.25) is 10.3 Å².